The van der Waals surface area contributed by atoms with Gasteiger partial charge in [-0.1, -0.05) is 79.0 Å². The van der Waals surface area contributed by atoms with Crippen LogP contribution < -0.4 is 10.6 Å². The van der Waals surface area contributed by atoms with Crippen LogP contribution >= 0.6 is 34.9 Å². The van der Waals surface area contributed by atoms with Crippen molar-refractivity contribution in [1.29, 1.82) is 0 Å². The van der Waals surface area contributed by atoms with Crippen molar-refractivity contribution in [2.45, 2.75) is 41.1 Å². The number of hydrogen-bond donors (Lipinski definition) is 2. The van der Waals surface area contributed by atoms with E-state index in [1.54, 1.807) is 36.0 Å². The highest BCUT2D eigenvalue weighted by atomic mass is 32.2. The maximum atomic E-state index is 12.2. The number of hydrogen-bond acceptors (Lipinski definition) is 7. The highest BCUT2D eigenvalue weighted by molar-refractivity contribution is 8.03. The van der Waals surface area contributed by atoms with Gasteiger partial charge >= 0.3 is 0 Å². The lowest BCUT2D eigenvalue weighted by Crippen LogP contribution is -2.14. The molecule has 1 heterocycles. The minimum absolute atomic E-state index is 0.139. The molecule has 0 bridgehead atoms. The van der Waals surface area contributed by atoms with Crippen LogP contribution in [0.5, 0.6) is 0 Å². The van der Waals surface area contributed by atoms with Crippen molar-refractivity contribution in [3.05, 3.63) is 59.7 Å². The van der Waals surface area contributed by atoms with Gasteiger partial charge in [-0.05, 0) is 35.2 Å². The van der Waals surface area contributed by atoms with Gasteiger partial charge in [-0.2, -0.15) is 0 Å². The molecule has 31 heavy (non-hydrogen) atoms. The Bertz CT molecular complexity index is 1040. The largest absolute Gasteiger partial charge is 0.326 e. The van der Waals surface area contributed by atoms with Crippen LogP contribution in [-0.4, -0.2) is 27.8 Å². The summed E-state index contributed by atoms with van der Waals surface area (Å²) < 4.78 is 1.65. The van der Waals surface area contributed by atoms with E-state index in [1.165, 1.54) is 41.1 Å². The number of aromatic nitrogens is 2. The van der Waals surface area contributed by atoms with Crippen LogP contribution in [0.4, 0.5) is 11.4 Å². The summed E-state index contributed by atoms with van der Waals surface area (Å²) in [5.41, 5.74) is 3.86. The zero-order chi connectivity index (χ0) is 22.2. The third-order valence-electron chi connectivity index (χ3n) is 4.19. The van der Waals surface area contributed by atoms with E-state index in [2.05, 4.69) is 58.9 Å². The molecule has 3 aromatic rings. The molecule has 0 radical (unpaired) electrons. The van der Waals surface area contributed by atoms with E-state index < -0.39 is 0 Å². The van der Waals surface area contributed by atoms with Gasteiger partial charge in [0.1, 0.15) is 0 Å². The summed E-state index contributed by atoms with van der Waals surface area (Å²) >= 11 is 4.50. The molecule has 9 heteroatoms. The van der Waals surface area contributed by atoms with Gasteiger partial charge in [-0.15, -0.1) is 10.2 Å². The van der Waals surface area contributed by atoms with Gasteiger partial charge < -0.3 is 10.6 Å². The van der Waals surface area contributed by atoms with Crippen molar-refractivity contribution < 1.29 is 9.59 Å². The monoisotopic (exact) mass is 472 g/mol. The number of nitrogens with one attached hydrogen (secondary N) is 2. The second-order valence-electron chi connectivity index (χ2n) is 7.12. The van der Waals surface area contributed by atoms with E-state index in [-0.39, 0.29) is 17.6 Å². The van der Waals surface area contributed by atoms with Gasteiger partial charge in [-0.25, -0.2) is 0 Å². The molecule has 3 rings (SSSR count). The lowest BCUT2D eigenvalue weighted by molar-refractivity contribution is -0.114. The fourth-order valence-corrected chi connectivity index (χ4v) is 5.44. The first-order valence-corrected chi connectivity index (χ1v) is 12.5. The van der Waals surface area contributed by atoms with Gasteiger partial charge in [0.2, 0.25) is 11.8 Å². The number of benzene rings is 2. The van der Waals surface area contributed by atoms with Gasteiger partial charge in [0.15, 0.2) is 8.68 Å². The van der Waals surface area contributed by atoms with Crippen molar-refractivity contribution in [2.75, 3.05) is 16.4 Å². The number of carbonyl (C=O) groups excluding carboxylic acids is 2. The summed E-state index contributed by atoms with van der Waals surface area (Å²) in [6.45, 7) is 5.82. The first-order chi connectivity index (χ1) is 14.9. The first kappa shape index (κ1) is 23.3. The zero-order valence-electron chi connectivity index (χ0n) is 17.5. The molecule has 2 amide bonds. The van der Waals surface area contributed by atoms with Gasteiger partial charge in [0.25, 0.3) is 0 Å². The Balaban J connectivity index is 1.45. The van der Waals surface area contributed by atoms with Crippen LogP contribution in [-0.2, 0) is 15.3 Å². The minimum Gasteiger partial charge on any atom is -0.326 e. The molecular formula is C22H24N4O2S3. The molecule has 0 saturated carbocycles. The number of anilines is 2. The van der Waals surface area contributed by atoms with Crippen molar-refractivity contribution >= 4 is 58.0 Å². The van der Waals surface area contributed by atoms with Crippen molar-refractivity contribution in [2.24, 2.45) is 0 Å². The average Bonchev–Trinajstić information content (AvgIpc) is 3.19. The smallest absolute Gasteiger partial charge is 0.234 e. The zero-order valence-corrected chi connectivity index (χ0v) is 20.0. The normalized spacial score (nSPS) is 10.8. The Morgan fingerprint density at radius 2 is 1.61 bits per heavy atom. The second-order valence-corrected chi connectivity index (χ2v) is 10.5. The molecule has 162 valence electrons. The van der Waals surface area contributed by atoms with Crippen molar-refractivity contribution in [1.82, 2.24) is 10.2 Å². The number of amides is 2. The summed E-state index contributed by atoms with van der Waals surface area (Å²) in [5.74, 6) is 1.31. The molecule has 2 N–H and O–H groups in total. The van der Waals surface area contributed by atoms with E-state index in [4.69, 9.17) is 0 Å². The fraction of sp³-hybridized carbons (Fsp3) is 0.273. The topological polar surface area (TPSA) is 84.0 Å². The van der Waals surface area contributed by atoms with Crippen LogP contribution in [0.3, 0.4) is 0 Å². The van der Waals surface area contributed by atoms with E-state index >= 15 is 0 Å². The van der Waals surface area contributed by atoms with Gasteiger partial charge in [-0.3, -0.25) is 9.59 Å². The summed E-state index contributed by atoms with van der Waals surface area (Å²) in [4.78, 5) is 23.4. The maximum Gasteiger partial charge on any atom is 0.234 e. The third kappa shape index (κ3) is 7.68. The Labute approximate surface area is 194 Å². The predicted octanol–water partition coefficient (Wildman–Crippen LogP) is 5.64. The number of nitrogens with zero attached hydrogens (tertiary/aromatic N) is 2. The van der Waals surface area contributed by atoms with Crippen LogP contribution in [0.15, 0.2) is 57.2 Å². The Morgan fingerprint density at radius 1 is 0.968 bits per heavy atom. The molecule has 0 unspecified atom stereocenters. The van der Waals surface area contributed by atoms with Crippen LogP contribution in [0.25, 0.3) is 0 Å². The minimum atomic E-state index is -0.156. The number of thioether (sulfide) groups is 2. The van der Waals surface area contributed by atoms with Crippen LogP contribution in [0.2, 0.25) is 0 Å². The van der Waals surface area contributed by atoms with E-state index in [1.807, 2.05) is 0 Å². The highest BCUT2D eigenvalue weighted by Gasteiger charge is 2.10. The van der Waals surface area contributed by atoms with E-state index in [0.29, 0.717) is 17.3 Å². The van der Waals surface area contributed by atoms with Crippen LogP contribution in [0, 0.1) is 0 Å². The Morgan fingerprint density at radius 3 is 2.26 bits per heavy atom. The number of carbonyl (C=O) groups is 2. The molecule has 0 saturated heterocycles. The summed E-state index contributed by atoms with van der Waals surface area (Å²) in [6.07, 6.45) is 0. The van der Waals surface area contributed by atoms with Crippen molar-refractivity contribution in [3.8, 4) is 0 Å². The molecule has 2 aromatic carbocycles. The summed E-state index contributed by atoms with van der Waals surface area (Å²) in [6, 6.07) is 15.7. The molecule has 0 spiro atoms. The first-order valence-electron chi connectivity index (χ1n) is 9.74. The van der Waals surface area contributed by atoms with Crippen molar-refractivity contribution in [3.63, 3.8) is 0 Å². The molecule has 0 aliphatic carbocycles. The molecule has 6 nitrogen and oxygen atoms in total. The van der Waals surface area contributed by atoms with E-state index in [9.17, 15) is 9.59 Å². The Kier molecular flexibility index (Phi) is 8.51. The van der Waals surface area contributed by atoms with Gasteiger partial charge in [0.05, 0.1) is 5.75 Å². The molecule has 0 fully saturated rings. The SMILES string of the molecule is CC(=O)Nc1cccc(NC(=O)CSc2nnc(SCc3ccc(C(C)C)cc3)s2)c1. The Hall–Kier alpha value is -2.36. The van der Waals surface area contributed by atoms with Gasteiger partial charge in [0, 0.05) is 24.1 Å². The second kappa shape index (κ2) is 11.3. The molecule has 1 aromatic heterocycles. The highest BCUT2D eigenvalue weighted by Crippen LogP contribution is 2.31. The summed E-state index contributed by atoms with van der Waals surface area (Å²) in [5, 5.41) is 13.9. The third-order valence-corrected chi connectivity index (χ3v) is 7.45. The average molecular weight is 473 g/mol. The molecule has 0 atom stereocenters. The fourth-order valence-electron chi connectivity index (χ4n) is 2.66. The maximum absolute atomic E-state index is 12.2. The molecular weight excluding hydrogens is 448 g/mol. The number of rotatable bonds is 9. The lowest BCUT2D eigenvalue weighted by atomic mass is 10.0. The lowest BCUT2D eigenvalue weighted by Gasteiger charge is -2.07. The van der Waals surface area contributed by atoms with E-state index in [0.717, 1.165) is 14.4 Å². The molecule has 0 aliphatic heterocycles. The standard InChI is InChI=1S/C22H24N4O2S3/c1-14(2)17-9-7-16(8-10-17)12-29-21-25-26-22(31-21)30-13-20(28)24-19-6-4-5-18(11-19)23-15(3)27/h4-11,14H,12-13H2,1-3H3,(H,23,27)(H,24,28). The summed E-state index contributed by atoms with van der Waals surface area (Å²) in [7, 11) is 0. The predicted molar refractivity (Wildman–Crippen MR) is 130 cm³/mol. The quantitative estimate of drug-likeness (QED) is 0.392. The van der Waals surface area contributed by atoms with Crippen LogP contribution in [0.1, 0.15) is 37.8 Å². The molecule has 0 aliphatic rings.